The summed E-state index contributed by atoms with van der Waals surface area (Å²) in [7, 11) is 0. The van der Waals surface area contributed by atoms with Gasteiger partial charge < -0.3 is 5.32 Å². The molecule has 1 aromatic heterocycles. The van der Waals surface area contributed by atoms with Gasteiger partial charge in [-0.1, -0.05) is 15.9 Å². The number of carbonyl (C=O) groups excluding carboxylic acids is 1. The molecule has 0 aliphatic rings. The number of hydrogen-bond acceptors (Lipinski definition) is 2. The SMILES string of the molecule is CC(C)(Br)C(=O)Nc1ccc(Br)nc1. The maximum absolute atomic E-state index is 11.5. The van der Waals surface area contributed by atoms with E-state index in [0.29, 0.717) is 5.69 Å². The number of rotatable bonds is 2. The fourth-order valence-electron chi connectivity index (χ4n) is 0.729. The summed E-state index contributed by atoms with van der Waals surface area (Å²) in [6.07, 6.45) is 1.60. The standard InChI is InChI=1S/C9H10Br2N2O/c1-9(2,11)8(14)13-6-3-4-7(10)12-5-6/h3-5H,1-2H3,(H,13,14). The molecular weight excluding hydrogens is 312 g/mol. The van der Waals surface area contributed by atoms with Crippen molar-refractivity contribution in [1.29, 1.82) is 0 Å². The number of nitrogens with one attached hydrogen (secondary N) is 1. The number of pyridine rings is 1. The first-order valence-corrected chi connectivity index (χ1v) is 5.60. The largest absolute Gasteiger partial charge is 0.324 e. The van der Waals surface area contributed by atoms with Crippen molar-refractivity contribution in [3.8, 4) is 0 Å². The molecule has 0 atom stereocenters. The minimum atomic E-state index is -0.569. The van der Waals surface area contributed by atoms with Gasteiger partial charge in [0.15, 0.2) is 0 Å². The maximum Gasteiger partial charge on any atom is 0.240 e. The van der Waals surface area contributed by atoms with Crippen LogP contribution in [0.5, 0.6) is 0 Å². The van der Waals surface area contributed by atoms with Crippen LogP contribution in [-0.4, -0.2) is 15.2 Å². The van der Waals surface area contributed by atoms with Gasteiger partial charge in [-0.3, -0.25) is 4.79 Å². The lowest BCUT2D eigenvalue weighted by Crippen LogP contribution is -2.30. The zero-order chi connectivity index (χ0) is 10.8. The van der Waals surface area contributed by atoms with E-state index in [0.717, 1.165) is 4.60 Å². The Bertz CT molecular complexity index is 330. The molecule has 1 rings (SSSR count). The van der Waals surface area contributed by atoms with Crippen molar-refractivity contribution in [3.05, 3.63) is 22.9 Å². The lowest BCUT2D eigenvalue weighted by molar-refractivity contribution is -0.117. The van der Waals surface area contributed by atoms with E-state index in [4.69, 9.17) is 0 Å². The Morgan fingerprint density at radius 2 is 2.14 bits per heavy atom. The number of hydrogen-bond donors (Lipinski definition) is 1. The summed E-state index contributed by atoms with van der Waals surface area (Å²) in [5.74, 6) is -0.0957. The average molecular weight is 322 g/mol. The molecule has 0 fully saturated rings. The van der Waals surface area contributed by atoms with Gasteiger partial charge in [0.25, 0.3) is 0 Å². The Kier molecular flexibility index (Phi) is 3.66. The van der Waals surface area contributed by atoms with Crippen LogP contribution in [0.25, 0.3) is 0 Å². The Balaban J connectivity index is 2.71. The average Bonchev–Trinajstić information content (AvgIpc) is 2.07. The topological polar surface area (TPSA) is 42.0 Å². The third-order valence-electron chi connectivity index (χ3n) is 1.53. The molecule has 76 valence electrons. The molecule has 1 heterocycles. The van der Waals surface area contributed by atoms with E-state index < -0.39 is 4.32 Å². The quantitative estimate of drug-likeness (QED) is 0.672. The van der Waals surface area contributed by atoms with Gasteiger partial charge >= 0.3 is 0 Å². The molecule has 1 aromatic rings. The summed E-state index contributed by atoms with van der Waals surface area (Å²) >= 11 is 6.49. The third kappa shape index (κ3) is 3.38. The second kappa shape index (κ2) is 4.40. The first kappa shape index (κ1) is 11.7. The molecular formula is C9H10Br2N2O. The van der Waals surface area contributed by atoms with Crippen molar-refractivity contribution in [2.24, 2.45) is 0 Å². The molecule has 0 saturated heterocycles. The minimum absolute atomic E-state index is 0.0957. The molecule has 0 aliphatic carbocycles. The van der Waals surface area contributed by atoms with Crippen LogP contribution in [0.4, 0.5) is 5.69 Å². The van der Waals surface area contributed by atoms with E-state index >= 15 is 0 Å². The smallest absolute Gasteiger partial charge is 0.240 e. The van der Waals surface area contributed by atoms with Crippen LogP contribution in [0.3, 0.4) is 0 Å². The van der Waals surface area contributed by atoms with Crippen LogP contribution >= 0.6 is 31.9 Å². The third-order valence-corrected chi connectivity index (χ3v) is 2.35. The Labute approximate surface area is 99.6 Å². The fourth-order valence-corrected chi connectivity index (χ4v) is 1.06. The molecule has 0 aliphatic heterocycles. The first-order chi connectivity index (χ1) is 6.39. The zero-order valence-corrected chi connectivity index (χ0v) is 11.0. The normalized spacial score (nSPS) is 11.1. The Morgan fingerprint density at radius 3 is 2.57 bits per heavy atom. The van der Waals surface area contributed by atoms with Crippen LogP contribution in [0.2, 0.25) is 0 Å². The lowest BCUT2D eigenvalue weighted by Gasteiger charge is -2.15. The van der Waals surface area contributed by atoms with Crippen LogP contribution in [0, 0.1) is 0 Å². The lowest BCUT2D eigenvalue weighted by atomic mass is 10.2. The van der Waals surface area contributed by atoms with E-state index in [2.05, 4.69) is 42.2 Å². The summed E-state index contributed by atoms with van der Waals surface area (Å²) in [4.78, 5) is 15.5. The molecule has 0 saturated carbocycles. The van der Waals surface area contributed by atoms with Gasteiger partial charge in [-0.25, -0.2) is 4.98 Å². The van der Waals surface area contributed by atoms with Crippen molar-refractivity contribution in [3.63, 3.8) is 0 Å². The van der Waals surface area contributed by atoms with E-state index in [1.807, 2.05) is 0 Å². The van der Waals surface area contributed by atoms with Gasteiger partial charge in [-0.2, -0.15) is 0 Å². The molecule has 3 nitrogen and oxygen atoms in total. The number of aromatic nitrogens is 1. The maximum atomic E-state index is 11.5. The predicted octanol–water partition coefficient (Wildman–Crippen LogP) is 2.96. The molecule has 0 aromatic carbocycles. The second-order valence-corrected chi connectivity index (χ2v) is 6.09. The Morgan fingerprint density at radius 1 is 1.50 bits per heavy atom. The van der Waals surface area contributed by atoms with Gasteiger partial charge in [0, 0.05) is 0 Å². The number of anilines is 1. The van der Waals surface area contributed by atoms with Gasteiger partial charge in [0.1, 0.15) is 4.60 Å². The van der Waals surface area contributed by atoms with Gasteiger partial charge in [0.2, 0.25) is 5.91 Å². The predicted molar refractivity (Wildman–Crippen MR) is 63.6 cm³/mol. The summed E-state index contributed by atoms with van der Waals surface area (Å²) in [6.45, 7) is 3.57. The molecule has 14 heavy (non-hydrogen) atoms. The molecule has 0 unspecified atom stereocenters. The van der Waals surface area contributed by atoms with Gasteiger partial charge in [-0.15, -0.1) is 0 Å². The molecule has 0 bridgehead atoms. The molecule has 1 amide bonds. The number of halogens is 2. The number of carbonyl (C=O) groups is 1. The van der Waals surface area contributed by atoms with Crippen LogP contribution < -0.4 is 5.32 Å². The summed E-state index contributed by atoms with van der Waals surface area (Å²) < 4.78 is 0.175. The highest BCUT2D eigenvalue weighted by Gasteiger charge is 2.23. The monoisotopic (exact) mass is 320 g/mol. The van der Waals surface area contributed by atoms with E-state index in [-0.39, 0.29) is 5.91 Å². The van der Waals surface area contributed by atoms with Gasteiger partial charge in [0.05, 0.1) is 16.2 Å². The second-order valence-electron chi connectivity index (χ2n) is 3.30. The number of amides is 1. The highest BCUT2D eigenvalue weighted by atomic mass is 79.9. The van der Waals surface area contributed by atoms with Crippen LogP contribution in [-0.2, 0) is 4.79 Å². The summed E-state index contributed by atoms with van der Waals surface area (Å²) in [5.41, 5.74) is 0.686. The highest BCUT2D eigenvalue weighted by Crippen LogP contribution is 2.19. The van der Waals surface area contributed by atoms with Crippen molar-refractivity contribution < 1.29 is 4.79 Å². The first-order valence-electron chi connectivity index (χ1n) is 4.01. The highest BCUT2D eigenvalue weighted by molar-refractivity contribution is 9.10. The van der Waals surface area contributed by atoms with Crippen molar-refractivity contribution in [2.75, 3.05) is 5.32 Å². The molecule has 1 N–H and O–H groups in total. The molecule has 0 radical (unpaired) electrons. The molecule has 5 heteroatoms. The Hall–Kier alpha value is -0.420. The van der Waals surface area contributed by atoms with Crippen molar-refractivity contribution in [2.45, 2.75) is 18.2 Å². The number of nitrogens with zero attached hydrogens (tertiary/aromatic N) is 1. The summed E-state index contributed by atoms with van der Waals surface area (Å²) in [5, 5.41) is 2.74. The van der Waals surface area contributed by atoms with Crippen LogP contribution in [0.15, 0.2) is 22.9 Å². The van der Waals surface area contributed by atoms with E-state index in [1.165, 1.54) is 0 Å². The number of alkyl halides is 1. The van der Waals surface area contributed by atoms with E-state index in [1.54, 1.807) is 32.2 Å². The molecule has 0 spiro atoms. The van der Waals surface area contributed by atoms with Crippen molar-refractivity contribution in [1.82, 2.24) is 4.98 Å². The van der Waals surface area contributed by atoms with E-state index in [9.17, 15) is 4.79 Å². The zero-order valence-electron chi connectivity index (χ0n) is 7.84. The summed E-state index contributed by atoms with van der Waals surface area (Å²) in [6, 6.07) is 3.56. The van der Waals surface area contributed by atoms with Crippen LogP contribution in [0.1, 0.15) is 13.8 Å². The fraction of sp³-hybridized carbons (Fsp3) is 0.333. The van der Waals surface area contributed by atoms with Crippen molar-refractivity contribution >= 4 is 43.5 Å². The minimum Gasteiger partial charge on any atom is -0.324 e. The van der Waals surface area contributed by atoms with Gasteiger partial charge in [-0.05, 0) is 41.9 Å².